The van der Waals surface area contributed by atoms with Gasteiger partial charge in [-0.2, -0.15) is 4.31 Å². The molecule has 0 aromatic heterocycles. The SMILES string of the molecule is Cc1cccc(S(=O)(=O)N2CCCC(CCN)C2)c1.Cl. The van der Waals surface area contributed by atoms with Gasteiger partial charge in [0.2, 0.25) is 10.0 Å². The van der Waals surface area contributed by atoms with E-state index in [9.17, 15) is 8.42 Å². The first kappa shape index (κ1) is 17.4. The smallest absolute Gasteiger partial charge is 0.243 e. The average Bonchev–Trinajstić information content (AvgIpc) is 2.39. The fourth-order valence-electron chi connectivity index (χ4n) is 2.64. The molecule has 6 heteroatoms. The van der Waals surface area contributed by atoms with Crippen molar-refractivity contribution in [2.75, 3.05) is 19.6 Å². The number of benzene rings is 1. The lowest BCUT2D eigenvalue weighted by Crippen LogP contribution is -2.40. The number of nitrogens with two attached hydrogens (primary N) is 1. The van der Waals surface area contributed by atoms with Crippen LogP contribution < -0.4 is 5.73 Å². The topological polar surface area (TPSA) is 63.4 Å². The van der Waals surface area contributed by atoms with Crippen LogP contribution in [-0.4, -0.2) is 32.4 Å². The van der Waals surface area contributed by atoms with Crippen LogP contribution in [0.25, 0.3) is 0 Å². The molecular formula is C14H23ClN2O2S. The number of hydrogen-bond donors (Lipinski definition) is 1. The molecular weight excluding hydrogens is 296 g/mol. The first-order valence-corrected chi connectivity index (χ1v) is 8.25. The van der Waals surface area contributed by atoms with E-state index in [4.69, 9.17) is 5.73 Å². The minimum Gasteiger partial charge on any atom is -0.330 e. The number of aryl methyl sites for hydroxylation is 1. The van der Waals surface area contributed by atoms with Crippen LogP contribution >= 0.6 is 12.4 Å². The summed E-state index contributed by atoms with van der Waals surface area (Å²) in [7, 11) is -3.34. The molecule has 0 saturated carbocycles. The summed E-state index contributed by atoms with van der Waals surface area (Å²) in [4.78, 5) is 0.404. The first-order chi connectivity index (χ1) is 9.04. The fourth-order valence-corrected chi connectivity index (χ4v) is 4.30. The van der Waals surface area contributed by atoms with Crippen LogP contribution in [0, 0.1) is 12.8 Å². The summed E-state index contributed by atoms with van der Waals surface area (Å²) < 4.78 is 26.8. The fraction of sp³-hybridized carbons (Fsp3) is 0.571. The molecule has 0 bridgehead atoms. The Morgan fingerprint density at radius 1 is 1.40 bits per heavy atom. The van der Waals surface area contributed by atoms with Crippen molar-refractivity contribution < 1.29 is 8.42 Å². The molecule has 0 amide bonds. The van der Waals surface area contributed by atoms with Gasteiger partial charge in [0.05, 0.1) is 4.90 Å². The number of halogens is 1. The summed E-state index contributed by atoms with van der Waals surface area (Å²) in [5, 5.41) is 0. The van der Waals surface area contributed by atoms with Crippen molar-refractivity contribution in [2.24, 2.45) is 11.7 Å². The van der Waals surface area contributed by atoms with Gasteiger partial charge in [-0.15, -0.1) is 12.4 Å². The van der Waals surface area contributed by atoms with Crippen LogP contribution in [0.15, 0.2) is 29.2 Å². The maximum absolute atomic E-state index is 12.6. The van der Waals surface area contributed by atoms with Gasteiger partial charge >= 0.3 is 0 Å². The summed E-state index contributed by atoms with van der Waals surface area (Å²) in [6, 6.07) is 7.12. The molecule has 1 aromatic carbocycles. The third kappa shape index (κ3) is 3.95. The molecule has 2 N–H and O–H groups in total. The third-order valence-electron chi connectivity index (χ3n) is 3.68. The Hall–Kier alpha value is -0.620. The van der Waals surface area contributed by atoms with Crippen LogP contribution in [0.5, 0.6) is 0 Å². The van der Waals surface area contributed by atoms with E-state index in [1.54, 1.807) is 22.5 Å². The zero-order valence-corrected chi connectivity index (χ0v) is 13.4. The highest BCUT2D eigenvalue weighted by molar-refractivity contribution is 7.89. The van der Waals surface area contributed by atoms with E-state index in [0.29, 0.717) is 30.4 Å². The molecule has 20 heavy (non-hydrogen) atoms. The Balaban J connectivity index is 0.00000200. The minimum atomic E-state index is -3.34. The number of sulfonamides is 1. The molecule has 0 spiro atoms. The highest BCUT2D eigenvalue weighted by Gasteiger charge is 2.29. The largest absolute Gasteiger partial charge is 0.330 e. The molecule has 1 atom stereocenters. The summed E-state index contributed by atoms with van der Waals surface area (Å²) in [5.41, 5.74) is 6.55. The number of piperidine rings is 1. The lowest BCUT2D eigenvalue weighted by molar-refractivity contribution is 0.258. The Labute approximate surface area is 127 Å². The summed E-state index contributed by atoms with van der Waals surface area (Å²) in [6.45, 7) is 3.76. The van der Waals surface area contributed by atoms with Gasteiger partial charge in [0.25, 0.3) is 0 Å². The highest BCUT2D eigenvalue weighted by Crippen LogP contribution is 2.25. The van der Waals surface area contributed by atoms with Crippen molar-refractivity contribution in [1.29, 1.82) is 0 Å². The van der Waals surface area contributed by atoms with E-state index >= 15 is 0 Å². The van der Waals surface area contributed by atoms with Crippen molar-refractivity contribution in [3.8, 4) is 0 Å². The number of nitrogens with zero attached hydrogens (tertiary/aromatic N) is 1. The van der Waals surface area contributed by atoms with Crippen molar-refractivity contribution in [1.82, 2.24) is 4.31 Å². The van der Waals surface area contributed by atoms with E-state index in [1.807, 2.05) is 13.0 Å². The van der Waals surface area contributed by atoms with Crippen LogP contribution in [0.2, 0.25) is 0 Å². The second kappa shape index (κ2) is 7.41. The zero-order chi connectivity index (χ0) is 13.9. The molecule has 1 unspecified atom stereocenters. The van der Waals surface area contributed by atoms with Crippen LogP contribution in [-0.2, 0) is 10.0 Å². The van der Waals surface area contributed by atoms with E-state index in [0.717, 1.165) is 24.8 Å². The maximum Gasteiger partial charge on any atom is 0.243 e. The van der Waals surface area contributed by atoms with Gasteiger partial charge in [0, 0.05) is 13.1 Å². The molecule has 0 aliphatic carbocycles. The molecule has 1 aliphatic rings. The van der Waals surface area contributed by atoms with Crippen molar-refractivity contribution in [2.45, 2.75) is 31.1 Å². The quantitative estimate of drug-likeness (QED) is 0.925. The Kier molecular flexibility index (Phi) is 6.45. The van der Waals surface area contributed by atoms with Crippen LogP contribution in [0.4, 0.5) is 0 Å². The molecule has 1 saturated heterocycles. The van der Waals surface area contributed by atoms with Gasteiger partial charge < -0.3 is 5.73 Å². The Morgan fingerprint density at radius 3 is 2.80 bits per heavy atom. The van der Waals surface area contributed by atoms with Gasteiger partial charge in [-0.3, -0.25) is 0 Å². The van der Waals surface area contributed by atoms with Crippen LogP contribution in [0.3, 0.4) is 0 Å². The molecule has 1 heterocycles. The zero-order valence-electron chi connectivity index (χ0n) is 11.8. The first-order valence-electron chi connectivity index (χ1n) is 6.81. The van der Waals surface area contributed by atoms with E-state index in [-0.39, 0.29) is 12.4 Å². The normalized spacial score (nSPS) is 20.4. The molecule has 1 aromatic rings. The molecule has 4 nitrogen and oxygen atoms in total. The lowest BCUT2D eigenvalue weighted by atomic mass is 9.96. The predicted octanol–water partition coefficient (Wildman–Crippen LogP) is 2.17. The molecule has 1 fully saturated rings. The predicted molar refractivity (Wildman–Crippen MR) is 83.6 cm³/mol. The highest BCUT2D eigenvalue weighted by atomic mass is 35.5. The van der Waals surface area contributed by atoms with E-state index in [2.05, 4.69) is 0 Å². The number of hydrogen-bond acceptors (Lipinski definition) is 3. The van der Waals surface area contributed by atoms with Gasteiger partial charge in [0.15, 0.2) is 0 Å². The third-order valence-corrected chi connectivity index (χ3v) is 5.55. The maximum atomic E-state index is 12.6. The average molecular weight is 319 g/mol. The monoisotopic (exact) mass is 318 g/mol. The Morgan fingerprint density at radius 2 is 2.15 bits per heavy atom. The van der Waals surface area contributed by atoms with Gasteiger partial charge in [-0.05, 0) is 56.3 Å². The summed E-state index contributed by atoms with van der Waals surface area (Å²) in [5.74, 6) is 0.401. The second-order valence-electron chi connectivity index (χ2n) is 5.27. The number of rotatable bonds is 4. The Bertz CT molecular complexity index is 532. The lowest BCUT2D eigenvalue weighted by Gasteiger charge is -2.31. The van der Waals surface area contributed by atoms with Crippen molar-refractivity contribution in [3.63, 3.8) is 0 Å². The van der Waals surface area contributed by atoms with Crippen molar-refractivity contribution in [3.05, 3.63) is 29.8 Å². The van der Waals surface area contributed by atoms with E-state index < -0.39 is 10.0 Å². The molecule has 2 rings (SSSR count). The molecule has 0 radical (unpaired) electrons. The van der Waals surface area contributed by atoms with E-state index in [1.165, 1.54) is 0 Å². The van der Waals surface area contributed by atoms with Gasteiger partial charge in [0.1, 0.15) is 0 Å². The minimum absolute atomic E-state index is 0. The molecule has 114 valence electrons. The second-order valence-corrected chi connectivity index (χ2v) is 7.20. The van der Waals surface area contributed by atoms with Gasteiger partial charge in [-0.1, -0.05) is 12.1 Å². The van der Waals surface area contributed by atoms with Crippen molar-refractivity contribution >= 4 is 22.4 Å². The standard InChI is InChI=1S/C14H22N2O2S.ClH/c1-12-4-2-6-14(10-12)19(17,18)16-9-3-5-13(11-16)7-8-15;/h2,4,6,10,13H,3,5,7-9,11,15H2,1H3;1H. The molecule has 1 aliphatic heterocycles. The van der Waals surface area contributed by atoms with Crippen LogP contribution in [0.1, 0.15) is 24.8 Å². The van der Waals surface area contributed by atoms with Gasteiger partial charge in [-0.25, -0.2) is 8.42 Å². The summed E-state index contributed by atoms with van der Waals surface area (Å²) >= 11 is 0. The summed E-state index contributed by atoms with van der Waals surface area (Å²) in [6.07, 6.45) is 2.91.